The van der Waals surface area contributed by atoms with Crippen LogP contribution in [-0.2, 0) is 24.0 Å². The first-order valence-corrected chi connectivity index (χ1v) is 19.2. The average molecular weight is 730 g/mol. The van der Waals surface area contributed by atoms with E-state index < -0.39 is 59.0 Å². The summed E-state index contributed by atoms with van der Waals surface area (Å²) in [6.07, 6.45) is 20.0. The summed E-state index contributed by atoms with van der Waals surface area (Å²) in [6, 6.07) is -3.96. The summed E-state index contributed by atoms with van der Waals surface area (Å²) in [6.45, 7) is 10.1. The molecule has 0 spiro atoms. The van der Waals surface area contributed by atoms with Gasteiger partial charge >= 0.3 is 0 Å². The number of fused-ring (bicyclic) bond motifs is 1. The van der Waals surface area contributed by atoms with Gasteiger partial charge in [-0.2, -0.15) is 0 Å². The lowest BCUT2D eigenvalue weighted by Gasteiger charge is -2.44. The minimum Gasteiger partial charge on any atom is -0.346 e. The van der Waals surface area contributed by atoms with Crippen molar-refractivity contribution in [2.24, 2.45) is 28.6 Å². The lowest BCUT2D eigenvalue weighted by Crippen LogP contribution is -2.63. The number of likely N-dealkylation sites (tertiary alicyclic amines) is 1. The van der Waals surface area contributed by atoms with Crippen molar-refractivity contribution in [3.05, 3.63) is 36.9 Å². The molecule has 5 rings (SSSR count). The fourth-order valence-electron chi connectivity index (χ4n) is 9.05. The smallest absolute Gasteiger partial charge is 0.289 e. The van der Waals surface area contributed by atoms with Crippen molar-refractivity contribution >= 4 is 35.3 Å². The molecule has 13 heteroatoms. The van der Waals surface area contributed by atoms with Gasteiger partial charge in [-0.1, -0.05) is 65.4 Å². The molecule has 4 fully saturated rings. The van der Waals surface area contributed by atoms with Crippen LogP contribution < -0.4 is 21.3 Å². The highest BCUT2D eigenvalue weighted by Crippen LogP contribution is 2.65. The highest BCUT2D eigenvalue weighted by molar-refractivity contribution is 6.38. The third-order valence-corrected chi connectivity index (χ3v) is 12.3. The van der Waals surface area contributed by atoms with Crippen LogP contribution in [0.5, 0.6) is 0 Å². The van der Waals surface area contributed by atoms with Crippen molar-refractivity contribution in [2.45, 2.75) is 122 Å². The first kappa shape index (κ1) is 39.6. The number of amides is 5. The Morgan fingerprint density at radius 2 is 1.70 bits per heavy atom. The molecule has 3 saturated carbocycles. The minimum atomic E-state index is -1.18. The zero-order valence-corrected chi connectivity index (χ0v) is 31.3. The van der Waals surface area contributed by atoms with Gasteiger partial charge in [-0.25, -0.2) is 4.98 Å². The van der Waals surface area contributed by atoms with Crippen LogP contribution in [0.2, 0.25) is 0 Å². The molecule has 5 amide bonds. The number of nitrogens with zero attached hydrogens (tertiary/aromatic N) is 3. The molecule has 6 unspecified atom stereocenters. The Bertz CT molecular complexity index is 1590. The Morgan fingerprint density at radius 3 is 2.34 bits per heavy atom. The number of hydrogen-bond acceptors (Lipinski definition) is 8. The Morgan fingerprint density at radius 1 is 1.00 bits per heavy atom. The molecule has 1 aliphatic heterocycles. The van der Waals surface area contributed by atoms with Crippen molar-refractivity contribution < 1.29 is 28.8 Å². The maximum atomic E-state index is 15.0. The van der Waals surface area contributed by atoms with Gasteiger partial charge in [0, 0.05) is 31.9 Å². The number of nitrogens with one attached hydrogen (secondary N) is 4. The van der Waals surface area contributed by atoms with Crippen LogP contribution in [0.1, 0.15) is 108 Å². The van der Waals surface area contributed by atoms with Gasteiger partial charge in [0.25, 0.3) is 11.8 Å². The SMILES string of the molecule is C#CCCC(NC(=O)C1C2C(CN1C(=O)C(NC(=O)C(NC(=O)c1cnccn1)C1CCCCC1)C1(C)CCCCC1)C2(C)C)C(=O)C(=O)NCC=C. The normalized spacial score (nSPS) is 24.6. The van der Waals surface area contributed by atoms with Gasteiger partial charge in [0.05, 0.1) is 12.2 Å². The van der Waals surface area contributed by atoms with Crippen molar-refractivity contribution in [2.75, 3.05) is 13.1 Å². The molecule has 1 aromatic heterocycles. The molecule has 53 heavy (non-hydrogen) atoms. The molecule has 2 heterocycles. The highest BCUT2D eigenvalue weighted by atomic mass is 16.2. The van der Waals surface area contributed by atoms with E-state index >= 15 is 0 Å². The zero-order valence-electron chi connectivity index (χ0n) is 31.3. The molecule has 1 saturated heterocycles. The van der Waals surface area contributed by atoms with Crippen LogP contribution in [0.15, 0.2) is 31.2 Å². The van der Waals surface area contributed by atoms with Crippen LogP contribution in [-0.4, -0.2) is 87.4 Å². The number of terminal acetylenes is 1. The molecular weight excluding hydrogens is 674 g/mol. The first-order valence-electron chi connectivity index (χ1n) is 19.2. The zero-order chi connectivity index (χ0) is 38.3. The van der Waals surface area contributed by atoms with E-state index in [1.165, 1.54) is 24.7 Å². The topological polar surface area (TPSA) is 180 Å². The van der Waals surface area contributed by atoms with Crippen LogP contribution in [0, 0.1) is 40.9 Å². The maximum Gasteiger partial charge on any atom is 0.289 e. The summed E-state index contributed by atoms with van der Waals surface area (Å²) >= 11 is 0. The summed E-state index contributed by atoms with van der Waals surface area (Å²) in [7, 11) is 0. The number of carbonyl (C=O) groups is 6. The van der Waals surface area contributed by atoms with Crippen LogP contribution in [0.25, 0.3) is 0 Å². The minimum absolute atomic E-state index is 0.0368. The predicted molar refractivity (Wildman–Crippen MR) is 197 cm³/mol. The van der Waals surface area contributed by atoms with Crippen LogP contribution in [0.3, 0.4) is 0 Å². The number of carbonyl (C=O) groups excluding carboxylic acids is 6. The van der Waals surface area contributed by atoms with E-state index in [4.69, 9.17) is 6.42 Å². The van der Waals surface area contributed by atoms with Crippen molar-refractivity contribution in [1.82, 2.24) is 36.1 Å². The summed E-state index contributed by atoms with van der Waals surface area (Å²) in [5.74, 6) is -1.31. The third-order valence-electron chi connectivity index (χ3n) is 12.3. The Labute approximate surface area is 312 Å². The van der Waals surface area contributed by atoms with Crippen molar-refractivity contribution in [3.8, 4) is 12.3 Å². The summed E-state index contributed by atoms with van der Waals surface area (Å²) in [5.41, 5.74) is -0.740. The number of piperidine rings is 1. The van der Waals surface area contributed by atoms with Gasteiger partial charge in [-0.05, 0) is 60.7 Å². The maximum absolute atomic E-state index is 15.0. The second-order valence-corrected chi connectivity index (χ2v) is 16.2. The molecule has 6 atom stereocenters. The van der Waals surface area contributed by atoms with E-state index in [0.717, 1.165) is 51.4 Å². The lowest BCUT2D eigenvalue weighted by atomic mass is 9.69. The number of Topliss-reactive ketones (excluding diaryl/α,β-unsaturated/α-hetero) is 1. The van der Waals surface area contributed by atoms with E-state index in [9.17, 15) is 28.8 Å². The van der Waals surface area contributed by atoms with E-state index in [1.807, 2.05) is 6.92 Å². The van der Waals surface area contributed by atoms with Gasteiger partial charge in [-0.3, -0.25) is 33.8 Å². The van der Waals surface area contributed by atoms with E-state index in [0.29, 0.717) is 19.4 Å². The molecule has 13 nitrogen and oxygen atoms in total. The predicted octanol–water partition coefficient (Wildman–Crippen LogP) is 2.86. The molecule has 3 aliphatic carbocycles. The number of hydrogen-bond donors (Lipinski definition) is 4. The van der Waals surface area contributed by atoms with Crippen molar-refractivity contribution in [1.29, 1.82) is 0 Å². The molecule has 4 N–H and O–H groups in total. The second kappa shape index (κ2) is 17.0. The fourth-order valence-corrected chi connectivity index (χ4v) is 9.05. The summed E-state index contributed by atoms with van der Waals surface area (Å²) < 4.78 is 0. The second-order valence-electron chi connectivity index (χ2n) is 16.2. The molecule has 4 aliphatic rings. The molecular formula is C40H55N7O6. The van der Waals surface area contributed by atoms with Crippen LogP contribution in [0.4, 0.5) is 0 Å². The molecule has 1 aromatic rings. The highest BCUT2D eigenvalue weighted by Gasteiger charge is 2.70. The largest absolute Gasteiger partial charge is 0.346 e. The lowest BCUT2D eigenvalue weighted by molar-refractivity contribution is -0.148. The Hall–Kier alpha value is -4.60. The fraction of sp³-hybridized carbons (Fsp3) is 0.650. The van der Waals surface area contributed by atoms with Gasteiger partial charge in [0.1, 0.15) is 23.8 Å². The monoisotopic (exact) mass is 729 g/mol. The summed E-state index contributed by atoms with van der Waals surface area (Å²) in [5, 5.41) is 11.3. The number of aromatic nitrogens is 2. The molecule has 0 bridgehead atoms. The standard InChI is InChI=1S/C40H55N7O6/c1-6-8-17-27(32(48)37(52)43-20-7-2)44-36(51)31-29-26(39(29,3)4)24-47(31)38(53)33(40(5)18-13-10-14-19-40)46-35(50)30(25-15-11-9-12-16-25)45-34(49)28-23-41-21-22-42-28/h1,7,21-23,25-27,29-31,33H,2,8-20,24H2,3-5H3,(H,43,52)(H,44,51)(H,45,49)(H,46,50). The molecule has 0 aromatic carbocycles. The van der Waals surface area contributed by atoms with E-state index in [1.54, 1.807) is 4.90 Å². The van der Waals surface area contributed by atoms with Crippen molar-refractivity contribution in [3.63, 3.8) is 0 Å². The Balaban J connectivity index is 1.42. The van der Waals surface area contributed by atoms with E-state index in [2.05, 4.69) is 57.6 Å². The van der Waals surface area contributed by atoms with Gasteiger partial charge in [0.2, 0.25) is 23.5 Å². The van der Waals surface area contributed by atoms with Gasteiger partial charge in [0.15, 0.2) is 0 Å². The molecule has 0 radical (unpaired) electrons. The summed E-state index contributed by atoms with van der Waals surface area (Å²) in [4.78, 5) is 92.6. The average Bonchev–Trinajstić information content (AvgIpc) is 3.46. The molecule has 286 valence electrons. The number of ketones is 1. The van der Waals surface area contributed by atoms with E-state index in [-0.39, 0.29) is 54.2 Å². The van der Waals surface area contributed by atoms with Gasteiger partial charge in [-0.15, -0.1) is 18.9 Å². The number of rotatable bonds is 15. The van der Waals surface area contributed by atoms with Crippen LogP contribution >= 0.6 is 0 Å². The Kier molecular flexibility index (Phi) is 12.7. The van der Waals surface area contributed by atoms with Gasteiger partial charge < -0.3 is 26.2 Å². The quantitative estimate of drug-likeness (QED) is 0.121. The third kappa shape index (κ3) is 8.79. The first-order chi connectivity index (χ1) is 25.3.